The van der Waals surface area contributed by atoms with Gasteiger partial charge in [-0.25, -0.2) is 4.98 Å². The molecule has 0 fully saturated rings. The smallest absolute Gasteiger partial charge is 0.370 e. The number of hydrogen-bond donors (Lipinski definition) is 2. The number of nitrogens with one attached hydrogen (secondary N) is 2. The van der Waals surface area contributed by atoms with E-state index in [-0.39, 0.29) is 18.6 Å². The molecule has 1 unspecified atom stereocenters. The van der Waals surface area contributed by atoms with Gasteiger partial charge in [0.15, 0.2) is 5.82 Å². The Morgan fingerprint density at radius 2 is 1.89 bits per heavy atom. The van der Waals surface area contributed by atoms with Crippen molar-refractivity contribution in [3.63, 3.8) is 0 Å². The van der Waals surface area contributed by atoms with E-state index >= 15 is 0 Å². The standard InChI is InChI=1S/C25H31F3N8O2/c1-14-19-21(35(6)20(22(37)33-19)15(2)38-24(3,4)5)34-23(32-14)30-10-17-11-31-36(13-17)12-16-7-8-18(29-9-16)25(26,27)28/h7-9,11,13,15,20H,10,12H2,1-6H3,(H,33,37)(H,30,32,34)/t15?,20-/m0/s1. The van der Waals surface area contributed by atoms with Crippen molar-refractivity contribution in [2.24, 2.45) is 0 Å². The molecule has 13 heteroatoms. The number of nitrogens with zero attached hydrogens (tertiary/aromatic N) is 6. The molecule has 2 N–H and O–H groups in total. The molecule has 1 amide bonds. The summed E-state index contributed by atoms with van der Waals surface area (Å²) in [6.07, 6.45) is -0.222. The van der Waals surface area contributed by atoms with E-state index in [2.05, 4.69) is 30.7 Å². The Labute approximate surface area is 218 Å². The summed E-state index contributed by atoms with van der Waals surface area (Å²) in [5.41, 5.74) is 1.25. The fourth-order valence-corrected chi connectivity index (χ4v) is 4.33. The predicted molar refractivity (Wildman–Crippen MR) is 136 cm³/mol. The molecule has 0 aliphatic carbocycles. The molecule has 204 valence electrons. The maximum absolute atomic E-state index is 12.9. The third-order valence-corrected chi connectivity index (χ3v) is 5.92. The molecule has 0 spiro atoms. The van der Waals surface area contributed by atoms with E-state index in [9.17, 15) is 18.0 Å². The minimum Gasteiger partial charge on any atom is -0.370 e. The lowest BCUT2D eigenvalue weighted by atomic mass is 10.1. The molecule has 0 saturated carbocycles. The van der Waals surface area contributed by atoms with Gasteiger partial charge in [0.25, 0.3) is 0 Å². The van der Waals surface area contributed by atoms with E-state index in [1.54, 1.807) is 35.9 Å². The zero-order valence-corrected chi connectivity index (χ0v) is 22.1. The van der Waals surface area contributed by atoms with Crippen molar-refractivity contribution in [3.05, 3.63) is 53.2 Å². The minimum atomic E-state index is -4.47. The Balaban J connectivity index is 1.44. The number of alkyl halides is 3. The second kappa shape index (κ2) is 10.2. The van der Waals surface area contributed by atoms with Crippen LogP contribution in [0.1, 0.15) is 50.2 Å². The summed E-state index contributed by atoms with van der Waals surface area (Å²) in [6, 6.07) is 1.77. The van der Waals surface area contributed by atoms with Crippen LogP contribution in [-0.4, -0.2) is 55.4 Å². The number of pyridine rings is 1. The fraction of sp³-hybridized carbons (Fsp3) is 0.480. The van der Waals surface area contributed by atoms with Crippen LogP contribution >= 0.6 is 0 Å². The van der Waals surface area contributed by atoms with Crippen LogP contribution in [0.4, 0.5) is 30.6 Å². The summed E-state index contributed by atoms with van der Waals surface area (Å²) in [4.78, 5) is 27.3. The van der Waals surface area contributed by atoms with Crippen LogP contribution in [0.25, 0.3) is 0 Å². The molecular weight excluding hydrogens is 501 g/mol. The van der Waals surface area contributed by atoms with Gasteiger partial charge in [-0.3, -0.25) is 14.5 Å². The Kier molecular flexibility index (Phi) is 7.33. The molecule has 0 radical (unpaired) electrons. The number of anilines is 3. The summed E-state index contributed by atoms with van der Waals surface area (Å²) in [5, 5.41) is 10.4. The maximum Gasteiger partial charge on any atom is 0.433 e. The molecule has 2 atom stereocenters. The number of ether oxygens (including phenoxy) is 1. The van der Waals surface area contributed by atoms with Crippen LogP contribution in [0, 0.1) is 6.92 Å². The number of aromatic nitrogens is 5. The lowest BCUT2D eigenvalue weighted by Crippen LogP contribution is -2.54. The van der Waals surface area contributed by atoms with Crippen molar-refractivity contribution in [2.75, 3.05) is 22.6 Å². The Morgan fingerprint density at radius 3 is 2.53 bits per heavy atom. The van der Waals surface area contributed by atoms with Gasteiger partial charge in [-0.05, 0) is 46.2 Å². The molecule has 3 aromatic heterocycles. The van der Waals surface area contributed by atoms with E-state index in [4.69, 9.17) is 4.74 Å². The fourth-order valence-electron chi connectivity index (χ4n) is 4.33. The number of carbonyl (C=O) groups is 1. The quantitative estimate of drug-likeness (QED) is 0.470. The number of likely N-dealkylation sites (N-methyl/N-ethyl adjacent to an activating group) is 1. The molecule has 10 nitrogen and oxygen atoms in total. The van der Waals surface area contributed by atoms with E-state index in [1.165, 1.54) is 12.3 Å². The molecule has 38 heavy (non-hydrogen) atoms. The molecule has 0 saturated heterocycles. The van der Waals surface area contributed by atoms with Gasteiger partial charge in [-0.1, -0.05) is 6.07 Å². The highest BCUT2D eigenvalue weighted by Crippen LogP contribution is 2.34. The van der Waals surface area contributed by atoms with E-state index in [0.717, 1.165) is 11.6 Å². The summed E-state index contributed by atoms with van der Waals surface area (Å²) in [7, 11) is 1.81. The third kappa shape index (κ3) is 6.21. The SMILES string of the molecule is Cc1nc(NCc2cnn(Cc3ccc(C(F)(F)F)nc3)c2)nc2c1NC(=O)[C@H](C(C)OC(C)(C)C)N2C. The number of rotatable bonds is 7. The van der Waals surface area contributed by atoms with Crippen molar-refractivity contribution < 1.29 is 22.7 Å². The van der Waals surface area contributed by atoms with Gasteiger partial charge in [0.2, 0.25) is 11.9 Å². The molecule has 3 aromatic rings. The number of hydrogen-bond acceptors (Lipinski definition) is 8. The van der Waals surface area contributed by atoms with Gasteiger partial charge >= 0.3 is 6.18 Å². The van der Waals surface area contributed by atoms with Crippen molar-refractivity contribution in [2.45, 2.75) is 71.6 Å². The first kappa shape index (κ1) is 27.3. The number of halogens is 3. The first-order valence-corrected chi connectivity index (χ1v) is 12.1. The predicted octanol–water partition coefficient (Wildman–Crippen LogP) is 4.02. The average molecular weight is 533 g/mol. The van der Waals surface area contributed by atoms with E-state index in [1.807, 2.05) is 27.7 Å². The average Bonchev–Trinajstić information content (AvgIpc) is 3.24. The third-order valence-electron chi connectivity index (χ3n) is 5.92. The number of aryl methyl sites for hydroxylation is 1. The first-order valence-electron chi connectivity index (χ1n) is 12.1. The summed E-state index contributed by atoms with van der Waals surface area (Å²) >= 11 is 0. The van der Waals surface area contributed by atoms with Gasteiger partial charge in [0, 0.05) is 31.5 Å². The molecule has 1 aliphatic heterocycles. The topological polar surface area (TPSA) is 110 Å². The Morgan fingerprint density at radius 1 is 1.16 bits per heavy atom. The van der Waals surface area contributed by atoms with Crippen LogP contribution < -0.4 is 15.5 Å². The van der Waals surface area contributed by atoms with Crippen LogP contribution in [0.5, 0.6) is 0 Å². The second-order valence-corrected chi connectivity index (χ2v) is 10.3. The zero-order valence-electron chi connectivity index (χ0n) is 22.1. The molecule has 0 bridgehead atoms. The van der Waals surface area contributed by atoms with Crippen LogP contribution in [0.15, 0.2) is 30.7 Å². The summed E-state index contributed by atoms with van der Waals surface area (Å²) < 4.78 is 45.8. The lowest BCUT2D eigenvalue weighted by molar-refractivity contribution is -0.141. The van der Waals surface area contributed by atoms with Gasteiger partial charge in [-0.2, -0.15) is 23.3 Å². The van der Waals surface area contributed by atoms with Crippen LogP contribution in [0.3, 0.4) is 0 Å². The monoisotopic (exact) mass is 532 g/mol. The molecule has 1 aliphatic rings. The van der Waals surface area contributed by atoms with Crippen molar-refractivity contribution >= 4 is 23.4 Å². The molecular formula is C25H31F3N8O2. The lowest BCUT2D eigenvalue weighted by Gasteiger charge is -2.39. The summed E-state index contributed by atoms with van der Waals surface area (Å²) in [5.74, 6) is 0.784. The van der Waals surface area contributed by atoms with E-state index < -0.39 is 23.5 Å². The van der Waals surface area contributed by atoms with E-state index in [0.29, 0.717) is 35.3 Å². The van der Waals surface area contributed by atoms with Gasteiger partial charge in [0.1, 0.15) is 17.4 Å². The van der Waals surface area contributed by atoms with Crippen molar-refractivity contribution in [1.82, 2.24) is 24.7 Å². The number of amides is 1. The van der Waals surface area contributed by atoms with Crippen LogP contribution in [0.2, 0.25) is 0 Å². The normalized spacial score (nSPS) is 16.7. The minimum absolute atomic E-state index is 0.181. The van der Waals surface area contributed by atoms with Gasteiger partial charge < -0.3 is 20.3 Å². The largest absolute Gasteiger partial charge is 0.433 e. The second-order valence-electron chi connectivity index (χ2n) is 10.3. The molecule has 4 rings (SSSR count). The first-order chi connectivity index (χ1) is 17.7. The number of fused-ring (bicyclic) bond motifs is 1. The van der Waals surface area contributed by atoms with Crippen molar-refractivity contribution in [3.8, 4) is 0 Å². The van der Waals surface area contributed by atoms with Crippen molar-refractivity contribution in [1.29, 1.82) is 0 Å². The van der Waals surface area contributed by atoms with Gasteiger partial charge in [-0.15, -0.1) is 0 Å². The Hall–Kier alpha value is -3.74. The Bertz CT molecular complexity index is 1300. The summed E-state index contributed by atoms with van der Waals surface area (Å²) in [6.45, 7) is 10.1. The number of carbonyl (C=O) groups excluding carboxylic acids is 1. The highest BCUT2D eigenvalue weighted by atomic mass is 19.4. The molecule has 4 heterocycles. The highest BCUT2D eigenvalue weighted by Gasteiger charge is 2.39. The van der Waals surface area contributed by atoms with Crippen LogP contribution in [-0.2, 0) is 28.8 Å². The highest BCUT2D eigenvalue weighted by molar-refractivity contribution is 6.03. The van der Waals surface area contributed by atoms with Gasteiger partial charge in [0.05, 0.1) is 30.1 Å². The maximum atomic E-state index is 12.9. The zero-order chi connectivity index (χ0) is 27.8. The molecule has 0 aromatic carbocycles.